The van der Waals surface area contributed by atoms with E-state index in [2.05, 4.69) is 5.32 Å². The fraction of sp³-hybridized carbons (Fsp3) is 0.333. The molecule has 1 aromatic carbocycles. The van der Waals surface area contributed by atoms with Crippen molar-refractivity contribution in [2.75, 3.05) is 6.54 Å². The Morgan fingerprint density at radius 3 is 2.79 bits per heavy atom. The lowest BCUT2D eigenvalue weighted by Crippen LogP contribution is -2.35. The van der Waals surface area contributed by atoms with Crippen molar-refractivity contribution in [3.05, 3.63) is 58.0 Å². The van der Waals surface area contributed by atoms with Gasteiger partial charge in [0.1, 0.15) is 5.82 Å². The first-order chi connectivity index (χ1) is 11.6. The Morgan fingerprint density at radius 2 is 2.12 bits per heavy atom. The van der Waals surface area contributed by atoms with E-state index >= 15 is 0 Å². The van der Waals surface area contributed by atoms with Crippen molar-refractivity contribution >= 4 is 23.2 Å². The van der Waals surface area contributed by atoms with E-state index in [4.69, 9.17) is 0 Å². The number of thiophene rings is 1. The minimum Gasteiger partial charge on any atom is -0.351 e. The van der Waals surface area contributed by atoms with Gasteiger partial charge >= 0.3 is 0 Å². The summed E-state index contributed by atoms with van der Waals surface area (Å²) in [5.41, 5.74) is 1.41. The normalized spacial score (nSPS) is 13.5. The zero-order valence-corrected chi connectivity index (χ0v) is 14.0. The third-order valence-corrected chi connectivity index (χ3v) is 4.64. The molecule has 0 saturated heterocycles. The highest BCUT2D eigenvalue weighted by molar-refractivity contribution is 7.08. The van der Waals surface area contributed by atoms with Gasteiger partial charge in [-0.05, 0) is 42.0 Å². The number of carbonyl (C=O) groups excluding carboxylic acids is 2. The van der Waals surface area contributed by atoms with Gasteiger partial charge < -0.3 is 10.2 Å². The molecule has 4 nitrogen and oxygen atoms in total. The molecule has 0 bridgehead atoms. The lowest BCUT2D eigenvalue weighted by molar-refractivity contribution is -0.132. The lowest BCUT2D eigenvalue weighted by atomic mass is 10.2. The first kappa shape index (κ1) is 16.6. The Bertz CT molecular complexity index is 714. The minimum absolute atomic E-state index is 0.00706. The van der Waals surface area contributed by atoms with E-state index in [-0.39, 0.29) is 30.1 Å². The van der Waals surface area contributed by atoms with Crippen LogP contribution in [0.4, 0.5) is 4.39 Å². The van der Waals surface area contributed by atoms with E-state index in [1.54, 1.807) is 22.4 Å². The average Bonchev–Trinajstić information content (AvgIpc) is 3.25. The van der Waals surface area contributed by atoms with Crippen molar-refractivity contribution < 1.29 is 14.0 Å². The van der Waals surface area contributed by atoms with Gasteiger partial charge in [0, 0.05) is 36.5 Å². The van der Waals surface area contributed by atoms with Gasteiger partial charge in [0.15, 0.2) is 0 Å². The summed E-state index contributed by atoms with van der Waals surface area (Å²) >= 11 is 1.46. The van der Waals surface area contributed by atoms with Gasteiger partial charge in [-0.3, -0.25) is 9.59 Å². The molecule has 1 aromatic heterocycles. The molecule has 2 aromatic rings. The summed E-state index contributed by atoms with van der Waals surface area (Å²) in [6.07, 6.45) is 2.23. The van der Waals surface area contributed by atoms with Gasteiger partial charge in [-0.25, -0.2) is 4.39 Å². The largest absolute Gasteiger partial charge is 0.351 e. The summed E-state index contributed by atoms with van der Waals surface area (Å²) in [4.78, 5) is 26.1. The number of rotatable bonds is 7. The molecule has 0 atom stereocenters. The van der Waals surface area contributed by atoms with Gasteiger partial charge in [-0.2, -0.15) is 11.3 Å². The lowest BCUT2D eigenvalue weighted by Gasteiger charge is -2.22. The molecule has 126 valence electrons. The molecule has 1 fully saturated rings. The maximum Gasteiger partial charge on any atom is 0.252 e. The highest BCUT2D eigenvalue weighted by Gasteiger charge is 2.32. The topological polar surface area (TPSA) is 49.4 Å². The molecule has 1 aliphatic carbocycles. The van der Waals surface area contributed by atoms with Gasteiger partial charge in [-0.15, -0.1) is 0 Å². The second-order valence-electron chi connectivity index (χ2n) is 5.90. The van der Waals surface area contributed by atoms with Crippen LogP contribution in [0.1, 0.15) is 35.2 Å². The van der Waals surface area contributed by atoms with Crippen LogP contribution in [0.2, 0.25) is 0 Å². The number of benzene rings is 1. The van der Waals surface area contributed by atoms with Crippen LogP contribution in [0.5, 0.6) is 0 Å². The van der Waals surface area contributed by atoms with Crippen LogP contribution in [0, 0.1) is 5.82 Å². The summed E-state index contributed by atoms with van der Waals surface area (Å²) in [7, 11) is 0. The first-order valence-corrected chi connectivity index (χ1v) is 8.92. The van der Waals surface area contributed by atoms with Gasteiger partial charge in [0.2, 0.25) is 5.91 Å². The molecular weight excluding hydrogens is 327 g/mol. The molecule has 1 heterocycles. The van der Waals surface area contributed by atoms with Crippen molar-refractivity contribution in [3.8, 4) is 0 Å². The van der Waals surface area contributed by atoms with Crippen molar-refractivity contribution in [1.29, 1.82) is 0 Å². The Labute approximate surface area is 144 Å². The van der Waals surface area contributed by atoms with Crippen LogP contribution in [0.15, 0.2) is 41.1 Å². The van der Waals surface area contributed by atoms with Crippen LogP contribution < -0.4 is 5.32 Å². The molecule has 24 heavy (non-hydrogen) atoms. The number of amides is 2. The number of nitrogens with one attached hydrogen (secondary N) is 1. The third kappa shape index (κ3) is 4.41. The summed E-state index contributed by atoms with van der Waals surface area (Å²) in [6, 6.07) is 8.33. The van der Waals surface area contributed by atoms with Gasteiger partial charge in [0.05, 0.1) is 0 Å². The Hall–Kier alpha value is -2.21. The molecule has 1 aliphatic rings. The zero-order valence-electron chi connectivity index (χ0n) is 13.2. The van der Waals surface area contributed by atoms with Crippen LogP contribution in [-0.2, 0) is 11.3 Å². The minimum atomic E-state index is -0.293. The van der Waals surface area contributed by atoms with E-state index in [0.717, 1.165) is 18.4 Å². The highest BCUT2D eigenvalue weighted by atomic mass is 32.1. The molecule has 0 unspecified atom stereocenters. The Morgan fingerprint density at radius 1 is 1.29 bits per heavy atom. The highest BCUT2D eigenvalue weighted by Crippen LogP contribution is 2.29. The molecule has 0 aliphatic heterocycles. The molecule has 2 amide bonds. The van der Waals surface area contributed by atoms with Crippen LogP contribution in [0.25, 0.3) is 0 Å². The monoisotopic (exact) mass is 346 g/mol. The molecule has 1 N–H and O–H groups in total. The number of hydrogen-bond donors (Lipinski definition) is 1. The first-order valence-electron chi connectivity index (χ1n) is 7.98. The third-order valence-electron chi connectivity index (χ3n) is 3.96. The fourth-order valence-corrected chi connectivity index (χ4v) is 3.20. The maximum atomic E-state index is 13.3. The maximum absolute atomic E-state index is 13.3. The average molecular weight is 346 g/mol. The predicted molar refractivity (Wildman–Crippen MR) is 91.2 cm³/mol. The molecule has 0 spiro atoms. The van der Waals surface area contributed by atoms with Gasteiger partial charge in [0.25, 0.3) is 5.91 Å². The number of hydrogen-bond acceptors (Lipinski definition) is 3. The number of nitrogens with zero attached hydrogens (tertiary/aromatic N) is 1. The van der Waals surface area contributed by atoms with Crippen LogP contribution >= 0.6 is 11.3 Å². The van der Waals surface area contributed by atoms with E-state index in [0.29, 0.717) is 18.7 Å². The fourth-order valence-electron chi connectivity index (χ4n) is 2.56. The van der Waals surface area contributed by atoms with Crippen molar-refractivity contribution in [2.24, 2.45) is 0 Å². The Kier molecular flexibility index (Phi) is 5.25. The SMILES string of the molecule is O=C(NCCC(=O)N(Cc1cccc(F)c1)C1CC1)c1ccsc1. The zero-order chi connectivity index (χ0) is 16.9. The molecule has 1 saturated carbocycles. The Balaban J connectivity index is 1.52. The quantitative estimate of drug-likeness (QED) is 0.837. The van der Waals surface area contributed by atoms with E-state index in [1.165, 1.54) is 23.5 Å². The van der Waals surface area contributed by atoms with E-state index in [1.807, 2.05) is 11.4 Å². The van der Waals surface area contributed by atoms with Crippen LogP contribution in [-0.4, -0.2) is 29.3 Å². The molecule has 0 radical (unpaired) electrons. The summed E-state index contributed by atoms with van der Waals surface area (Å²) < 4.78 is 13.3. The molecule has 6 heteroatoms. The number of carbonyl (C=O) groups is 2. The summed E-state index contributed by atoms with van der Waals surface area (Å²) in [6.45, 7) is 0.722. The predicted octanol–water partition coefficient (Wildman–Crippen LogP) is 3.20. The summed E-state index contributed by atoms with van der Waals surface area (Å²) in [5.74, 6) is -0.460. The van der Waals surface area contributed by atoms with Crippen molar-refractivity contribution in [2.45, 2.75) is 31.8 Å². The van der Waals surface area contributed by atoms with E-state index < -0.39 is 0 Å². The van der Waals surface area contributed by atoms with E-state index in [9.17, 15) is 14.0 Å². The summed E-state index contributed by atoms with van der Waals surface area (Å²) in [5, 5.41) is 6.38. The second-order valence-corrected chi connectivity index (χ2v) is 6.68. The number of halogens is 1. The van der Waals surface area contributed by atoms with Crippen LogP contribution in [0.3, 0.4) is 0 Å². The second kappa shape index (κ2) is 7.57. The molecular formula is C18H19FN2O2S. The van der Waals surface area contributed by atoms with Gasteiger partial charge in [-0.1, -0.05) is 12.1 Å². The molecule has 3 rings (SSSR count). The smallest absolute Gasteiger partial charge is 0.252 e. The van der Waals surface area contributed by atoms with Crippen molar-refractivity contribution in [1.82, 2.24) is 10.2 Å². The standard InChI is InChI=1S/C18H19FN2O2S/c19-15-3-1-2-13(10-15)11-21(16-4-5-16)17(22)6-8-20-18(23)14-7-9-24-12-14/h1-3,7,9-10,12,16H,4-6,8,11H2,(H,20,23). The van der Waals surface area contributed by atoms with Crippen molar-refractivity contribution in [3.63, 3.8) is 0 Å².